The van der Waals surface area contributed by atoms with Crippen LogP contribution in [-0.4, -0.2) is 87.0 Å². The van der Waals surface area contributed by atoms with Gasteiger partial charge in [0.15, 0.2) is 11.4 Å². The molecule has 3 aliphatic rings. The summed E-state index contributed by atoms with van der Waals surface area (Å²) in [6, 6.07) is 1.43. The minimum atomic E-state index is -3.02. The molecule has 208 valence electrons. The van der Waals surface area contributed by atoms with Gasteiger partial charge in [-0.15, -0.1) is 0 Å². The number of carbonyl (C=O) groups is 5. The minimum absolute atomic E-state index is 0.0787. The fourth-order valence-corrected chi connectivity index (χ4v) is 6.14. The van der Waals surface area contributed by atoms with E-state index in [1.54, 1.807) is 6.92 Å². The molecule has 13 nitrogen and oxygen atoms in total. The molecule has 3 aliphatic carbocycles. The molecule has 0 saturated heterocycles. The lowest BCUT2D eigenvalue weighted by Gasteiger charge is -2.54. The van der Waals surface area contributed by atoms with Gasteiger partial charge in [-0.25, -0.2) is 0 Å². The number of likely N-dealkylation sites (N-methyl/N-ethyl adjacent to an activating group) is 1. The first-order valence-electron chi connectivity index (χ1n) is 12.2. The van der Waals surface area contributed by atoms with Crippen LogP contribution in [0.2, 0.25) is 0 Å². The number of phenols is 1. The molecule has 7 N–H and O–H groups in total. The summed E-state index contributed by atoms with van der Waals surface area (Å²) in [6.07, 6.45) is -1.29. The highest BCUT2D eigenvalue weighted by molar-refractivity contribution is 6.24. The standard InChI is InChI=1S/C26H29N3O10/c1-5-12(31)39-22-13-9(2)10-6-7-11(28-8-30)19(32)14(10)20(33)15(13)23(35)26(38)17(22)18(29(3)4)21(34)16(24(26)36)25(27)37/h6-9,13,17-18,22,32-33,36,38H,5H2,1-4H3,(H2,27,37)(H,28,30)/t9-,13+,17+,18+,22-,26+/m0/s1. The first kappa shape index (κ1) is 27.8. The Bertz CT molecular complexity index is 1380. The van der Waals surface area contributed by atoms with Gasteiger partial charge >= 0.3 is 5.97 Å². The Balaban J connectivity index is 2.11. The summed E-state index contributed by atoms with van der Waals surface area (Å²) in [7, 11) is 2.88. The van der Waals surface area contributed by atoms with Gasteiger partial charge in [-0.05, 0) is 31.6 Å². The fraction of sp³-hybridized carbons (Fsp3) is 0.423. The number of benzene rings is 1. The molecule has 4 rings (SSSR count). The minimum Gasteiger partial charge on any atom is -0.508 e. The Kier molecular flexibility index (Phi) is 6.77. The molecule has 0 aromatic heterocycles. The van der Waals surface area contributed by atoms with Gasteiger partial charge < -0.3 is 36.2 Å². The number of Topliss-reactive ketones (excluding diaryl/α,β-unsaturated/α-hetero) is 2. The molecule has 1 aromatic rings. The van der Waals surface area contributed by atoms with Gasteiger partial charge in [0, 0.05) is 17.9 Å². The fourth-order valence-electron chi connectivity index (χ4n) is 6.14. The first-order chi connectivity index (χ1) is 18.2. The molecular formula is C26H29N3O10. The van der Waals surface area contributed by atoms with Crippen molar-refractivity contribution in [2.45, 2.75) is 43.9 Å². The molecule has 0 unspecified atom stereocenters. The predicted octanol–water partition coefficient (Wildman–Crippen LogP) is 0.0250. The van der Waals surface area contributed by atoms with Crippen LogP contribution in [0.25, 0.3) is 5.76 Å². The number of anilines is 1. The number of amides is 2. The van der Waals surface area contributed by atoms with Gasteiger partial charge in [0.2, 0.25) is 12.2 Å². The molecule has 0 spiro atoms. The molecule has 13 heteroatoms. The SMILES string of the molecule is CCC(=O)O[C@H]1[C@H]2C(=C(O)c3c(ccc(NC=O)c3O)[C@@H]2C)C(=O)[C@@]2(O)C(O)=C(C(N)=O)C(=O)[C@H](N(C)C)[C@H]12. The lowest BCUT2D eigenvalue weighted by Crippen LogP contribution is -2.71. The van der Waals surface area contributed by atoms with Gasteiger partial charge in [-0.2, -0.15) is 0 Å². The van der Waals surface area contributed by atoms with E-state index in [9.17, 15) is 44.4 Å². The van der Waals surface area contributed by atoms with E-state index in [2.05, 4.69) is 5.32 Å². The number of primary amides is 1. The van der Waals surface area contributed by atoms with Crippen molar-refractivity contribution >= 4 is 41.3 Å². The van der Waals surface area contributed by atoms with E-state index in [1.165, 1.54) is 38.1 Å². The summed E-state index contributed by atoms with van der Waals surface area (Å²) in [4.78, 5) is 64.7. The highest BCUT2D eigenvalue weighted by Gasteiger charge is 2.69. The number of ether oxygens (including phenoxy) is 1. The zero-order valence-corrected chi connectivity index (χ0v) is 21.6. The van der Waals surface area contributed by atoms with Crippen LogP contribution in [0.3, 0.4) is 0 Å². The third-order valence-corrected chi connectivity index (χ3v) is 7.87. The topological polar surface area (TPSA) is 217 Å². The second-order valence-corrected chi connectivity index (χ2v) is 10.1. The normalized spacial score (nSPS) is 29.9. The molecular weight excluding hydrogens is 514 g/mol. The Morgan fingerprint density at radius 1 is 1.21 bits per heavy atom. The van der Waals surface area contributed by atoms with Crippen molar-refractivity contribution < 1.29 is 49.1 Å². The van der Waals surface area contributed by atoms with Gasteiger partial charge in [0.25, 0.3) is 5.91 Å². The lowest BCUT2D eigenvalue weighted by atomic mass is 9.54. The molecule has 0 aliphatic heterocycles. The van der Waals surface area contributed by atoms with Crippen LogP contribution in [-0.2, 0) is 28.7 Å². The summed E-state index contributed by atoms with van der Waals surface area (Å²) < 4.78 is 5.75. The highest BCUT2D eigenvalue weighted by atomic mass is 16.5. The number of esters is 1. The number of aromatic hydroxyl groups is 1. The van der Waals surface area contributed by atoms with Crippen LogP contribution < -0.4 is 11.1 Å². The predicted molar refractivity (Wildman–Crippen MR) is 134 cm³/mol. The Morgan fingerprint density at radius 3 is 2.38 bits per heavy atom. The van der Waals surface area contributed by atoms with E-state index in [1.807, 2.05) is 0 Å². The first-order valence-corrected chi connectivity index (χ1v) is 12.2. The van der Waals surface area contributed by atoms with Gasteiger partial charge in [0.05, 0.1) is 23.2 Å². The summed E-state index contributed by atoms with van der Waals surface area (Å²) in [5.41, 5.74) is 0.871. The molecule has 0 bridgehead atoms. The summed E-state index contributed by atoms with van der Waals surface area (Å²) >= 11 is 0. The van der Waals surface area contributed by atoms with Crippen molar-refractivity contribution in [3.8, 4) is 5.75 Å². The molecule has 1 aromatic carbocycles. The maximum Gasteiger partial charge on any atom is 0.305 e. The van der Waals surface area contributed by atoms with E-state index in [4.69, 9.17) is 10.5 Å². The second-order valence-electron chi connectivity index (χ2n) is 10.1. The third kappa shape index (κ3) is 3.72. The quantitative estimate of drug-likeness (QED) is 0.122. The van der Waals surface area contributed by atoms with E-state index >= 15 is 0 Å². The molecule has 39 heavy (non-hydrogen) atoms. The number of ketones is 2. The summed E-state index contributed by atoms with van der Waals surface area (Å²) in [5, 5.41) is 47.5. The molecule has 2 amide bonds. The van der Waals surface area contributed by atoms with Crippen LogP contribution in [0.1, 0.15) is 37.3 Å². The highest BCUT2D eigenvalue weighted by Crippen LogP contribution is 2.57. The van der Waals surface area contributed by atoms with Crippen molar-refractivity contribution in [2.24, 2.45) is 17.6 Å². The van der Waals surface area contributed by atoms with Crippen molar-refractivity contribution in [2.75, 3.05) is 19.4 Å². The number of nitrogens with two attached hydrogens (primary N) is 1. The van der Waals surface area contributed by atoms with E-state index in [0.29, 0.717) is 12.0 Å². The maximum absolute atomic E-state index is 14.1. The van der Waals surface area contributed by atoms with Crippen molar-refractivity contribution in [3.05, 3.63) is 40.2 Å². The molecule has 0 radical (unpaired) electrons. The average Bonchev–Trinajstić information content (AvgIpc) is 2.86. The monoisotopic (exact) mass is 543 g/mol. The zero-order chi connectivity index (χ0) is 29.1. The number of phenolic OH excluding ortho intramolecular Hbond substituents is 1. The number of rotatable bonds is 6. The summed E-state index contributed by atoms with van der Waals surface area (Å²) in [5.74, 6) is -10.6. The Labute approximate surface area is 222 Å². The zero-order valence-electron chi connectivity index (χ0n) is 21.6. The maximum atomic E-state index is 14.1. The van der Waals surface area contributed by atoms with Crippen molar-refractivity contribution in [1.82, 2.24) is 4.90 Å². The van der Waals surface area contributed by atoms with Crippen LogP contribution >= 0.6 is 0 Å². The summed E-state index contributed by atoms with van der Waals surface area (Å²) in [6.45, 7) is 3.14. The number of hydrogen-bond donors (Lipinski definition) is 6. The number of nitrogens with one attached hydrogen (secondary N) is 1. The molecule has 6 atom stereocenters. The van der Waals surface area contributed by atoms with Gasteiger partial charge in [-0.1, -0.05) is 19.9 Å². The largest absolute Gasteiger partial charge is 0.508 e. The number of hydrogen-bond acceptors (Lipinski definition) is 11. The second kappa shape index (κ2) is 9.50. The third-order valence-electron chi connectivity index (χ3n) is 7.87. The Hall–Kier alpha value is -4.23. The smallest absolute Gasteiger partial charge is 0.305 e. The van der Waals surface area contributed by atoms with Crippen LogP contribution in [0, 0.1) is 11.8 Å². The average molecular weight is 544 g/mol. The van der Waals surface area contributed by atoms with E-state index < -0.39 is 87.4 Å². The number of aliphatic hydroxyl groups is 3. The van der Waals surface area contributed by atoms with Crippen LogP contribution in [0.15, 0.2) is 29.0 Å². The van der Waals surface area contributed by atoms with Gasteiger partial charge in [-0.3, -0.25) is 28.9 Å². The van der Waals surface area contributed by atoms with Crippen LogP contribution in [0.5, 0.6) is 5.75 Å². The van der Waals surface area contributed by atoms with Crippen molar-refractivity contribution in [1.29, 1.82) is 0 Å². The number of aliphatic hydroxyl groups excluding tert-OH is 2. The number of nitrogens with zero attached hydrogens (tertiary/aromatic N) is 1. The van der Waals surface area contributed by atoms with Gasteiger partial charge in [0.1, 0.15) is 28.9 Å². The van der Waals surface area contributed by atoms with Crippen LogP contribution in [0.4, 0.5) is 5.69 Å². The number of fused-ring (bicyclic) bond motifs is 3. The Morgan fingerprint density at radius 2 is 1.85 bits per heavy atom. The number of carbonyl (C=O) groups excluding carboxylic acids is 5. The molecule has 1 saturated carbocycles. The van der Waals surface area contributed by atoms with E-state index in [0.717, 1.165) is 0 Å². The molecule has 1 fully saturated rings. The lowest BCUT2D eigenvalue weighted by molar-refractivity contribution is -0.185. The molecule has 0 heterocycles. The van der Waals surface area contributed by atoms with E-state index in [-0.39, 0.29) is 17.7 Å². The van der Waals surface area contributed by atoms with Crippen molar-refractivity contribution in [3.63, 3.8) is 0 Å².